The number of ether oxygens (including phenoxy) is 1. The van der Waals surface area contributed by atoms with Crippen molar-refractivity contribution in [3.8, 4) is 5.19 Å². The quantitative estimate of drug-likeness (QED) is 0.673. The van der Waals surface area contributed by atoms with E-state index in [1.165, 1.54) is 11.3 Å². The van der Waals surface area contributed by atoms with E-state index in [0.29, 0.717) is 22.1 Å². The zero-order valence-corrected chi connectivity index (χ0v) is 8.75. The van der Waals surface area contributed by atoms with Crippen LogP contribution in [0.15, 0.2) is 12.1 Å². The molecule has 0 amide bonds. The Morgan fingerprint density at radius 1 is 1.33 bits per heavy atom. The molecule has 2 aromatic rings. The molecule has 1 aromatic carbocycles. The highest BCUT2D eigenvalue weighted by Crippen LogP contribution is 2.35. The van der Waals surface area contributed by atoms with Gasteiger partial charge < -0.3 is 21.3 Å². The molecular weight excluding hydrogens is 214 g/mol. The van der Waals surface area contributed by atoms with Crippen molar-refractivity contribution in [2.75, 3.05) is 24.7 Å². The molecule has 0 aliphatic rings. The van der Waals surface area contributed by atoms with Crippen molar-refractivity contribution in [2.45, 2.75) is 0 Å². The number of hydrogen-bond acceptors (Lipinski definition) is 6. The highest BCUT2D eigenvalue weighted by molar-refractivity contribution is 7.20. The average Bonchev–Trinajstić information content (AvgIpc) is 2.66. The first-order chi connectivity index (χ1) is 7.22. The summed E-state index contributed by atoms with van der Waals surface area (Å²) < 4.78 is 6.02. The van der Waals surface area contributed by atoms with Crippen molar-refractivity contribution in [2.24, 2.45) is 0 Å². The third-order valence-corrected chi connectivity index (χ3v) is 2.92. The third kappa shape index (κ3) is 1.81. The lowest BCUT2D eigenvalue weighted by Crippen LogP contribution is -2.00. The van der Waals surface area contributed by atoms with E-state index in [9.17, 15) is 0 Å². The number of aliphatic hydroxyl groups excluding tert-OH is 1. The van der Waals surface area contributed by atoms with E-state index in [1.807, 2.05) is 0 Å². The molecule has 5 N–H and O–H groups in total. The van der Waals surface area contributed by atoms with Gasteiger partial charge in [0, 0.05) is 0 Å². The smallest absolute Gasteiger partial charge is 0.274 e. The lowest BCUT2D eigenvalue weighted by molar-refractivity contribution is 0.201. The lowest BCUT2D eigenvalue weighted by Gasteiger charge is -1.96. The van der Waals surface area contributed by atoms with E-state index in [-0.39, 0.29) is 13.2 Å². The molecule has 0 atom stereocenters. The molecule has 0 spiro atoms. The van der Waals surface area contributed by atoms with Crippen molar-refractivity contribution in [1.29, 1.82) is 0 Å². The summed E-state index contributed by atoms with van der Waals surface area (Å²) in [6.07, 6.45) is 0. The van der Waals surface area contributed by atoms with Crippen LogP contribution in [0.2, 0.25) is 0 Å². The van der Waals surface area contributed by atoms with E-state index in [0.717, 1.165) is 4.70 Å². The van der Waals surface area contributed by atoms with Gasteiger partial charge in [0.25, 0.3) is 5.19 Å². The summed E-state index contributed by atoms with van der Waals surface area (Å²) in [6, 6.07) is 3.46. The van der Waals surface area contributed by atoms with Gasteiger partial charge in [-0.25, -0.2) is 4.98 Å². The molecular formula is C9H11N3O2S. The number of thiazole rings is 1. The Morgan fingerprint density at radius 2 is 2.07 bits per heavy atom. The Balaban J connectivity index is 2.45. The largest absolute Gasteiger partial charge is 0.468 e. The molecule has 0 bridgehead atoms. The monoisotopic (exact) mass is 225 g/mol. The van der Waals surface area contributed by atoms with Crippen molar-refractivity contribution in [1.82, 2.24) is 4.98 Å². The highest BCUT2D eigenvalue weighted by atomic mass is 32.1. The first-order valence-corrected chi connectivity index (χ1v) is 5.22. The number of hydrogen-bond donors (Lipinski definition) is 3. The van der Waals surface area contributed by atoms with Crippen LogP contribution in [0.25, 0.3) is 10.2 Å². The molecule has 2 rings (SSSR count). The SMILES string of the molecule is Nc1ccc(N)c2sc(OCCO)nc12. The summed E-state index contributed by atoms with van der Waals surface area (Å²) in [6.45, 7) is 0.181. The maximum atomic E-state index is 8.61. The zero-order chi connectivity index (χ0) is 10.8. The molecule has 1 aromatic heterocycles. The molecule has 0 aliphatic carbocycles. The first kappa shape index (κ1) is 10.0. The van der Waals surface area contributed by atoms with Crippen LogP contribution < -0.4 is 16.2 Å². The second kappa shape index (κ2) is 3.92. The Labute approximate surface area is 90.3 Å². The molecule has 0 aliphatic heterocycles. The topological polar surface area (TPSA) is 94.4 Å². The molecule has 80 valence electrons. The van der Waals surface area contributed by atoms with Crippen LogP contribution in [0, 0.1) is 0 Å². The predicted molar refractivity (Wildman–Crippen MR) is 61.0 cm³/mol. The fourth-order valence-electron chi connectivity index (χ4n) is 1.22. The van der Waals surface area contributed by atoms with Gasteiger partial charge in [-0.1, -0.05) is 11.3 Å². The summed E-state index contributed by atoms with van der Waals surface area (Å²) in [5.41, 5.74) is 13.4. The maximum Gasteiger partial charge on any atom is 0.274 e. The summed E-state index contributed by atoms with van der Waals surface area (Å²) in [5, 5.41) is 9.09. The number of benzene rings is 1. The number of aliphatic hydroxyl groups is 1. The number of nitrogen functional groups attached to an aromatic ring is 2. The van der Waals surface area contributed by atoms with Crippen molar-refractivity contribution < 1.29 is 9.84 Å². The summed E-state index contributed by atoms with van der Waals surface area (Å²) in [4.78, 5) is 4.19. The molecule has 0 saturated carbocycles. The van der Waals surface area contributed by atoms with Gasteiger partial charge in [0.2, 0.25) is 0 Å². The molecule has 0 saturated heterocycles. The number of fused-ring (bicyclic) bond motifs is 1. The molecule has 5 nitrogen and oxygen atoms in total. The maximum absolute atomic E-state index is 8.61. The number of nitrogens with zero attached hydrogens (tertiary/aromatic N) is 1. The zero-order valence-electron chi connectivity index (χ0n) is 7.93. The number of aromatic nitrogens is 1. The van der Waals surface area contributed by atoms with Crippen LogP contribution in [0.4, 0.5) is 11.4 Å². The second-order valence-corrected chi connectivity index (χ2v) is 3.94. The van der Waals surface area contributed by atoms with Crippen molar-refractivity contribution >= 4 is 32.9 Å². The van der Waals surface area contributed by atoms with Gasteiger partial charge >= 0.3 is 0 Å². The van der Waals surface area contributed by atoms with E-state index >= 15 is 0 Å². The van der Waals surface area contributed by atoms with E-state index < -0.39 is 0 Å². The predicted octanol–water partition coefficient (Wildman–Crippen LogP) is 0.832. The minimum atomic E-state index is -0.0408. The van der Waals surface area contributed by atoms with Crippen LogP contribution >= 0.6 is 11.3 Å². The van der Waals surface area contributed by atoms with Crippen LogP contribution in [0.1, 0.15) is 0 Å². The lowest BCUT2D eigenvalue weighted by atomic mass is 10.2. The van der Waals surface area contributed by atoms with E-state index in [4.69, 9.17) is 21.3 Å². The Morgan fingerprint density at radius 3 is 2.73 bits per heavy atom. The fourth-order valence-corrected chi connectivity index (χ4v) is 2.12. The van der Waals surface area contributed by atoms with Gasteiger partial charge in [-0.2, -0.15) is 0 Å². The molecule has 0 fully saturated rings. The summed E-state index contributed by atoms with van der Waals surface area (Å²) in [5.74, 6) is 0. The summed E-state index contributed by atoms with van der Waals surface area (Å²) in [7, 11) is 0. The van der Waals surface area contributed by atoms with Gasteiger partial charge in [0.15, 0.2) is 0 Å². The normalized spacial score (nSPS) is 10.7. The fraction of sp³-hybridized carbons (Fsp3) is 0.222. The Bertz CT molecular complexity index is 444. The molecule has 0 unspecified atom stereocenters. The first-order valence-electron chi connectivity index (χ1n) is 4.40. The third-order valence-electron chi connectivity index (χ3n) is 1.90. The van der Waals surface area contributed by atoms with Gasteiger partial charge in [0.1, 0.15) is 12.1 Å². The highest BCUT2D eigenvalue weighted by Gasteiger charge is 2.09. The van der Waals surface area contributed by atoms with Gasteiger partial charge in [-0.05, 0) is 12.1 Å². The standard InChI is InChI=1S/C9H11N3O2S/c10-5-1-2-6(11)8-7(5)12-9(15-8)14-4-3-13/h1-2,13H,3-4,10-11H2. The van der Waals surface area contributed by atoms with Gasteiger partial charge in [-0.15, -0.1) is 0 Å². The minimum absolute atomic E-state index is 0.0408. The molecule has 0 radical (unpaired) electrons. The Kier molecular flexibility index (Phi) is 2.61. The molecule has 15 heavy (non-hydrogen) atoms. The van der Waals surface area contributed by atoms with Gasteiger partial charge in [-0.3, -0.25) is 0 Å². The average molecular weight is 225 g/mol. The minimum Gasteiger partial charge on any atom is -0.468 e. The number of rotatable bonds is 3. The van der Waals surface area contributed by atoms with Crippen molar-refractivity contribution in [3.63, 3.8) is 0 Å². The second-order valence-electron chi connectivity index (χ2n) is 2.97. The van der Waals surface area contributed by atoms with Crippen LogP contribution in [-0.4, -0.2) is 23.3 Å². The van der Waals surface area contributed by atoms with Crippen LogP contribution in [-0.2, 0) is 0 Å². The van der Waals surface area contributed by atoms with E-state index in [2.05, 4.69) is 4.98 Å². The van der Waals surface area contributed by atoms with Gasteiger partial charge in [0.05, 0.1) is 22.7 Å². The van der Waals surface area contributed by atoms with E-state index in [1.54, 1.807) is 12.1 Å². The van der Waals surface area contributed by atoms with Crippen LogP contribution in [0.5, 0.6) is 5.19 Å². The Hall–Kier alpha value is -1.53. The number of anilines is 2. The number of nitrogens with two attached hydrogens (primary N) is 2. The summed E-state index contributed by atoms with van der Waals surface area (Å²) >= 11 is 1.33. The molecule has 1 heterocycles. The molecule has 6 heteroatoms. The van der Waals surface area contributed by atoms with Crippen molar-refractivity contribution in [3.05, 3.63) is 12.1 Å². The van der Waals surface area contributed by atoms with Crippen LogP contribution in [0.3, 0.4) is 0 Å².